The fourth-order valence-electron chi connectivity index (χ4n) is 2.00. The summed E-state index contributed by atoms with van der Waals surface area (Å²) in [5, 5.41) is 14.5. The highest BCUT2D eigenvalue weighted by atomic mass is 16.4. The third-order valence-electron chi connectivity index (χ3n) is 3.07. The average Bonchev–Trinajstić information content (AvgIpc) is 2.25. The molecule has 5 nitrogen and oxygen atoms in total. The average molecular weight is 228 g/mol. The maximum absolute atomic E-state index is 11.8. The molecule has 0 aromatic carbocycles. The summed E-state index contributed by atoms with van der Waals surface area (Å²) in [5.41, 5.74) is 0. The predicted octanol–water partition coefficient (Wildman–Crippen LogP) is 0.354. The number of aliphatic carboxylic acids is 1. The second-order valence-electron chi connectivity index (χ2n) is 4.36. The molecule has 0 aromatic heterocycles. The fourth-order valence-corrected chi connectivity index (χ4v) is 2.00. The van der Waals surface area contributed by atoms with E-state index in [1.54, 1.807) is 6.92 Å². The molecule has 0 radical (unpaired) electrons. The molecule has 5 heteroatoms. The van der Waals surface area contributed by atoms with E-state index < -0.39 is 12.0 Å². The lowest BCUT2D eigenvalue weighted by Gasteiger charge is -2.29. The zero-order valence-corrected chi connectivity index (χ0v) is 9.82. The molecule has 0 bridgehead atoms. The Kier molecular flexibility index (Phi) is 4.73. The van der Waals surface area contributed by atoms with Crippen molar-refractivity contribution in [1.29, 1.82) is 0 Å². The summed E-state index contributed by atoms with van der Waals surface area (Å²) in [6, 6.07) is -1.02. The Hall–Kier alpha value is -1.10. The summed E-state index contributed by atoms with van der Waals surface area (Å²) in [7, 11) is 0. The second kappa shape index (κ2) is 5.84. The molecule has 3 N–H and O–H groups in total. The lowest BCUT2D eigenvalue weighted by atomic mass is 9.92. The maximum Gasteiger partial charge on any atom is 0.326 e. The first-order valence-corrected chi connectivity index (χ1v) is 5.82. The SMILES string of the molecule is CC[C@H](NC(=O)C1NCCCC1C)C(=O)O. The number of nitrogens with one attached hydrogen (secondary N) is 2. The van der Waals surface area contributed by atoms with Crippen LogP contribution in [0.3, 0.4) is 0 Å². The van der Waals surface area contributed by atoms with Crippen LogP contribution in [0, 0.1) is 5.92 Å². The van der Waals surface area contributed by atoms with Gasteiger partial charge in [0, 0.05) is 0 Å². The normalized spacial score (nSPS) is 27.1. The van der Waals surface area contributed by atoms with Gasteiger partial charge in [-0.2, -0.15) is 0 Å². The minimum Gasteiger partial charge on any atom is -0.480 e. The van der Waals surface area contributed by atoms with Crippen LogP contribution in [-0.2, 0) is 9.59 Å². The van der Waals surface area contributed by atoms with Gasteiger partial charge >= 0.3 is 5.97 Å². The highest BCUT2D eigenvalue weighted by Gasteiger charge is 2.29. The van der Waals surface area contributed by atoms with E-state index in [4.69, 9.17) is 5.11 Å². The summed E-state index contributed by atoms with van der Waals surface area (Å²) < 4.78 is 0. The van der Waals surface area contributed by atoms with Crippen molar-refractivity contribution in [2.24, 2.45) is 5.92 Å². The standard InChI is InChI=1S/C11H20N2O3/c1-3-8(11(15)16)13-10(14)9-7(2)5-4-6-12-9/h7-9,12H,3-6H2,1-2H3,(H,13,14)(H,15,16)/t7?,8-,9?/m0/s1. The van der Waals surface area contributed by atoms with Crippen molar-refractivity contribution in [2.75, 3.05) is 6.54 Å². The number of carbonyl (C=O) groups is 2. The van der Waals surface area contributed by atoms with Gasteiger partial charge in [-0.1, -0.05) is 13.8 Å². The zero-order chi connectivity index (χ0) is 12.1. The van der Waals surface area contributed by atoms with Crippen molar-refractivity contribution >= 4 is 11.9 Å². The van der Waals surface area contributed by atoms with E-state index in [9.17, 15) is 9.59 Å². The lowest BCUT2D eigenvalue weighted by molar-refractivity contribution is -0.142. The molecule has 1 heterocycles. The molecule has 1 aliphatic rings. The Morgan fingerprint density at radius 1 is 1.56 bits per heavy atom. The predicted molar refractivity (Wildman–Crippen MR) is 60.0 cm³/mol. The van der Waals surface area contributed by atoms with E-state index in [1.165, 1.54) is 0 Å². The maximum atomic E-state index is 11.8. The monoisotopic (exact) mass is 228 g/mol. The Morgan fingerprint density at radius 3 is 2.75 bits per heavy atom. The van der Waals surface area contributed by atoms with E-state index in [-0.39, 0.29) is 17.9 Å². The molecule has 0 saturated carbocycles. The van der Waals surface area contributed by atoms with E-state index in [1.807, 2.05) is 6.92 Å². The van der Waals surface area contributed by atoms with Gasteiger partial charge in [0.25, 0.3) is 0 Å². The Morgan fingerprint density at radius 2 is 2.25 bits per heavy atom. The zero-order valence-electron chi connectivity index (χ0n) is 9.82. The largest absolute Gasteiger partial charge is 0.480 e. The molecule has 1 fully saturated rings. The van der Waals surface area contributed by atoms with Gasteiger partial charge in [0.1, 0.15) is 6.04 Å². The summed E-state index contributed by atoms with van der Waals surface area (Å²) >= 11 is 0. The van der Waals surface area contributed by atoms with Crippen LogP contribution in [0.25, 0.3) is 0 Å². The quantitative estimate of drug-likeness (QED) is 0.649. The molecular weight excluding hydrogens is 208 g/mol. The van der Waals surface area contributed by atoms with Gasteiger partial charge in [-0.15, -0.1) is 0 Å². The molecular formula is C11H20N2O3. The number of rotatable bonds is 4. The Bertz CT molecular complexity index is 268. The van der Waals surface area contributed by atoms with Crippen molar-refractivity contribution in [2.45, 2.75) is 45.2 Å². The molecule has 1 aliphatic heterocycles. The van der Waals surface area contributed by atoms with Crippen molar-refractivity contribution in [3.05, 3.63) is 0 Å². The Labute approximate surface area is 95.6 Å². The van der Waals surface area contributed by atoms with E-state index >= 15 is 0 Å². The topological polar surface area (TPSA) is 78.4 Å². The number of carboxylic acids is 1. The number of hydrogen-bond donors (Lipinski definition) is 3. The number of amides is 1. The third kappa shape index (κ3) is 3.20. The lowest BCUT2D eigenvalue weighted by Crippen LogP contribution is -2.54. The van der Waals surface area contributed by atoms with Crippen LogP contribution in [0.15, 0.2) is 0 Å². The molecule has 1 saturated heterocycles. The number of piperidine rings is 1. The van der Waals surface area contributed by atoms with Gasteiger partial charge < -0.3 is 15.7 Å². The van der Waals surface area contributed by atoms with Crippen molar-refractivity contribution < 1.29 is 14.7 Å². The molecule has 92 valence electrons. The summed E-state index contributed by atoms with van der Waals surface area (Å²) in [6.07, 6.45) is 2.48. The third-order valence-corrected chi connectivity index (χ3v) is 3.07. The van der Waals surface area contributed by atoms with E-state index in [0.717, 1.165) is 19.4 Å². The van der Waals surface area contributed by atoms with Crippen molar-refractivity contribution in [3.8, 4) is 0 Å². The minimum absolute atomic E-state index is 0.193. The molecule has 1 amide bonds. The highest BCUT2D eigenvalue weighted by Crippen LogP contribution is 2.15. The van der Waals surface area contributed by atoms with Gasteiger partial charge in [-0.25, -0.2) is 4.79 Å². The first kappa shape index (κ1) is 13.0. The van der Waals surface area contributed by atoms with Gasteiger partial charge in [0.2, 0.25) is 5.91 Å². The van der Waals surface area contributed by atoms with Crippen molar-refractivity contribution in [3.63, 3.8) is 0 Å². The van der Waals surface area contributed by atoms with E-state index in [0.29, 0.717) is 6.42 Å². The minimum atomic E-state index is -0.973. The molecule has 0 aromatic rings. The molecule has 0 aliphatic carbocycles. The number of hydrogen-bond acceptors (Lipinski definition) is 3. The summed E-state index contributed by atoms with van der Waals surface area (Å²) in [5.74, 6) is -0.902. The van der Waals surface area contributed by atoms with Gasteiger partial charge in [-0.3, -0.25) is 4.79 Å². The van der Waals surface area contributed by atoms with E-state index in [2.05, 4.69) is 10.6 Å². The second-order valence-corrected chi connectivity index (χ2v) is 4.36. The molecule has 1 rings (SSSR count). The fraction of sp³-hybridized carbons (Fsp3) is 0.818. The number of carboxylic acid groups (broad SMARTS) is 1. The van der Waals surface area contributed by atoms with Crippen LogP contribution in [0.1, 0.15) is 33.1 Å². The summed E-state index contributed by atoms with van der Waals surface area (Å²) in [4.78, 5) is 22.6. The Balaban J connectivity index is 2.52. The van der Waals surface area contributed by atoms with Crippen molar-refractivity contribution in [1.82, 2.24) is 10.6 Å². The first-order valence-electron chi connectivity index (χ1n) is 5.82. The van der Waals surface area contributed by atoms with Gasteiger partial charge in [0.15, 0.2) is 0 Å². The van der Waals surface area contributed by atoms with Gasteiger partial charge in [0.05, 0.1) is 6.04 Å². The first-order chi connectivity index (χ1) is 7.56. The van der Waals surface area contributed by atoms with Crippen LogP contribution in [0.4, 0.5) is 0 Å². The summed E-state index contributed by atoms with van der Waals surface area (Å²) in [6.45, 7) is 4.58. The van der Waals surface area contributed by atoms with Crippen LogP contribution < -0.4 is 10.6 Å². The van der Waals surface area contributed by atoms with Gasteiger partial charge in [-0.05, 0) is 31.7 Å². The van der Waals surface area contributed by atoms with Crippen LogP contribution in [0.2, 0.25) is 0 Å². The smallest absolute Gasteiger partial charge is 0.326 e. The van der Waals surface area contributed by atoms with Crippen LogP contribution in [-0.4, -0.2) is 35.6 Å². The molecule has 0 spiro atoms. The number of carbonyl (C=O) groups excluding carboxylic acids is 1. The molecule has 3 atom stereocenters. The van der Waals surface area contributed by atoms with Crippen LogP contribution >= 0.6 is 0 Å². The highest BCUT2D eigenvalue weighted by molar-refractivity contribution is 5.87. The molecule has 2 unspecified atom stereocenters. The van der Waals surface area contributed by atoms with Crippen LogP contribution in [0.5, 0.6) is 0 Å². The molecule has 16 heavy (non-hydrogen) atoms.